The molecule has 0 saturated carbocycles. The second kappa shape index (κ2) is 5.87. The lowest BCUT2D eigenvalue weighted by Crippen LogP contribution is -2.48. The van der Waals surface area contributed by atoms with Crippen LogP contribution >= 0.6 is 0 Å². The molecule has 1 aromatic carbocycles. The fraction of sp³-hybridized carbons (Fsp3) is 0.273. The van der Waals surface area contributed by atoms with Crippen LogP contribution in [0, 0.1) is 0 Å². The third-order valence-corrected chi connectivity index (χ3v) is 2.00. The Labute approximate surface area is 93.4 Å². The third-order valence-electron chi connectivity index (χ3n) is 2.00. The van der Waals surface area contributed by atoms with Crippen molar-refractivity contribution < 1.29 is 14.7 Å². The van der Waals surface area contributed by atoms with Crippen LogP contribution in [-0.4, -0.2) is 23.0 Å². The summed E-state index contributed by atoms with van der Waals surface area (Å²) in [6, 6.07) is 8.39. The molecule has 0 fully saturated rings. The summed E-state index contributed by atoms with van der Waals surface area (Å²) in [6.45, 7) is 1.31. The molecule has 16 heavy (non-hydrogen) atoms. The molecule has 1 rings (SSSR count). The van der Waals surface area contributed by atoms with Crippen molar-refractivity contribution in [2.45, 2.75) is 19.4 Å². The number of carbonyl (C=O) groups excluding carboxylic acids is 1. The van der Waals surface area contributed by atoms with E-state index in [2.05, 4.69) is 10.9 Å². The van der Waals surface area contributed by atoms with Gasteiger partial charge in [-0.25, -0.2) is 5.43 Å². The van der Waals surface area contributed by atoms with E-state index in [4.69, 9.17) is 5.11 Å². The Hall–Kier alpha value is -1.88. The number of amides is 1. The summed E-state index contributed by atoms with van der Waals surface area (Å²) in [5.41, 5.74) is 5.64. The molecule has 1 atom stereocenters. The average molecular weight is 222 g/mol. The minimum absolute atomic E-state index is 0.316. The van der Waals surface area contributed by atoms with E-state index in [0.29, 0.717) is 6.42 Å². The molecule has 86 valence electrons. The van der Waals surface area contributed by atoms with Crippen molar-refractivity contribution in [3.63, 3.8) is 0 Å². The molecule has 5 nitrogen and oxygen atoms in total. The number of carboxylic acid groups (broad SMARTS) is 1. The van der Waals surface area contributed by atoms with E-state index in [-0.39, 0.29) is 5.91 Å². The minimum atomic E-state index is -1.00. The number of carbonyl (C=O) groups is 2. The second-order valence-corrected chi connectivity index (χ2v) is 3.41. The molecule has 0 unspecified atom stereocenters. The lowest BCUT2D eigenvalue weighted by atomic mass is 10.1. The topological polar surface area (TPSA) is 78.4 Å². The number of carboxylic acids is 1. The summed E-state index contributed by atoms with van der Waals surface area (Å²) in [7, 11) is 0. The van der Waals surface area contributed by atoms with Gasteiger partial charge in [0, 0.05) is 13.3 Å². The molecule has 0 bridgehead atoms. The van der Waals surface area contributed by atoms with Gasteiger partial charge in [0.25, 0.3) is 0 Å². The van der Waals surface area contributed by atoms with Crippen LogP contribution in [0.3, 0.4) is 0 Å². The Morgan fingerprint density at radius 1 is 1.31 bits per heavy atom. The Kier molecular flexibility index (Phi) is 4.47. The van der Waals surface area contributed by atoms with Gasteiger partial charge in [-0.3, -0.25) is 15.0 Å². The van der Waals surface area contributed by atoms with Gasteiger partial charge < -0.3 is 5.11 Å². The Morgan fingerprint density at radius 2 is 1.94 bits per heavy atom. The number of hydrogen-bond donors (Lipinski definition) is 3. The molecule has 0 aliphatic heterocycles. The minimum Gasteiger partial charge on any atom is -0.480 e. The fourth-order valence-electron chi connectivity index (χ4n) is 1.24. The van der Waals surface area contributed by atoms with Crippen molar-refractivity contribution in [2.75, 3.05) is 0 Å². The number of benzene rings is 1. The highest BCUT2D eigenvalue weighted by molar-refractivity contribution is 5.76. The molecule has 1 amide bonds. The predicted molar refractivity (Wildman–Crippen MR) is 58.5 cm³/mol. The van der Waals surface area contributed by atoms with Gasteiger partial charge in [0.05, 0.1) is 0 Å². The first kappa shape index (κ1) is 12.2. The largest absolute Gasteiger partial charge is 0.480 e. The van der Waals surface area contributed by atoms with Crippen molar-refractivity contribution in [3.8, 4) is 0 Å². The standard InChI is InChI=1S/C11H14N2O3/c1-8(14)12-13-10(11(15)16)7-9-5-3-2-4-6-9/h2-6,10,13H,7H2,1H3,(H,12,14)(H,15,16)/t10-/m1/s1. The Balaban J connectivity index is 2.58. The highest BCUT2D eigenvalue weighted by atomic mass is 16.4. The fourth-order valence-corrected chi connectivity index (χ4v) is 1.24. The molecule has 5 heteroatoms. The molecule has 0 radical (unpaired) electrons. The lowest BCUT2D eigenvalue weighted by molar-refractivity contribution is -0.140. The Bertz CT molecular complexity index is 365. The molecule has 0 aromatic heterocycles. The maximum Gasteiger partial charge on any atom is 0.322 e. The number of hydrazine groups is 1. The zero-order valence-corrected chi connectivity index (χ0v) is 8.93. The van der Waals surface area contributed by atoms with Crippen LogP contribution in [0.2, 0.25) is 0 Å². The average Bonchev–Trinajstić information content (AvgIpc) is 2.25. The summed E-state index contributed by atoms with van der Waals surface area (Å²) in [5.74, 6) is -1.32. The van der Waals surface area contributed by atoms with E-state index in [1.807, 2.05) is 30.3 Å². The van der Waals surface area contributed by atoms with Crippen molar-refractivity contribution in [1.82, 2.24) is 10.9 Å². The normalized spacial score (nSPS) is 11.8. The molecule has 0 spiro atoms. The van der Waals surface area contributed by atoms with Crippen molar-refractivity contribution in [1.29, 1.82) is 0 Å². The Morgan fingerprint density at radius 3 is 2.44 bits per heavy atom. The second-order valence-electron chi connectivity index (χ2n) is 3.41. The van der Waals surface area contributed by atoms with Crippen molar-refractivity contribution in [3.05, 3.63) is 35.9 Å². The number of nitrogens with one attached hydrogen (secondary N) is 2. The first-order chi connectivity index (χ1) is 7.59. The molecular formula is C11H14N2O3. The molecule has 0 aliphatic carbocycles. The van der Waals surface area contributed by atoms with E-state index in [9.17, 15) is 9.59 Å². The van der Waals surface area contributed by atoms with Crippen LogP contribution in [-0.2, 0) is 16.0 Å². The SMILES string of the molecule is CC(=O)NN[C@H](Cc1ccccc1)C(=O)O. The van der Waals surface area contributed by atoms with Crippen LogP contribution in [0.4, 0.5) is 0 Å². The lowest BCUT2D eigenvalue weighted by Gasteiger charge is -2.14. The van der Waals surface area contributed by atoms with Gasteiger partial charge in [-0.2, -0.15) is 0 Å². The van der Waals surface area contributed by atoms with Crippen LogP contribution in [0.15, 0.2) is 30.3 Å². The molecule has 0 aliphatic rings. The van der Waals surface area contributed by atoms with E-state index < -0.39 is 12.0 Å². The summed E-state index contributed by atoms with van der Waals surface area (Å²) in [5, 5.41) is 8.93. The number of aliphatic carboxylic acids is 1. The molecule has 3 N–H and O–H groups in total. The first-order valence-corrected chi connectivity index (χ1v) is 4.88. The first-order valence-electron chi connectivity index (χ1n) is 4.88. The van der Waals surface area contributed by atoms with E-state index in [1.54, 1.807) is 0 Å². The van der Waals surface area contributed by atoms with Gasteiger partial charge in [-0.15, -0.1) is 0 Å². The van der Waals surface area contributed by atoms with Crippen LogP contribution < -0.4 is 10.9 Å². The zero-order valence-electron chi connectivity index (χ0n) is 8.93. The highest BCUT2D eigenvalue weighted by Crippen LogP contribution is 2.02. The maximum atomic E-state index is 10.9. The summed E-state index contributed by atoms with van der Waals surface area (Å²) < 4.78 is 0. The zero-order chi connectivity index (χ0) is 12.0. The molecule has 0 saturated heterocycles. The summed E-state index contributed by atoms with van der Waals surface area (Å²) in [6.07, 6.45) is 0.316. The van der Waals surface area contributed by atoms with E-state index in [0.717, 1.165) is 5.56 Å². The molecule has 1 aromatic rings. The summed E-state index contributed by atoms with van der Waals surface area (Å²) in [4.78, 5) is 21.6. The van der Waals surface area contributed by atoms with Gasteiger partial charge in [-0.05, 0) is 5.56 Å². The summed E-state index contributed by atoms with van der Waals surface area (Å²) >= 11 is 0. The van der Waals surface area contributed by atoms with Crippen molar-refractivity contribution >= 4 is 11.9 Å². The van der Waals surface area contributed by atoms with Gasteiger partial charge in [0.2, 0.25) is 5.91 Å². The van der Waals surface area contributed by atoms with Crippen molar-refractivity contribution in [2.24, 2.45) is 0 Å². The maximum absolute atomic E-state index is 10.9. The van der Waals surface area contributed by atoms with Crippen LogP contribution in [0.5, 0.6) is 0 Å². The van der Waals surface area contributed by atoms with Gasteiger partial charge in [-0.1, -0.05) is 30.3 Å². The molecular weight excluding hydrogens is 208 g/mol. The third kappa shape index (κ3) is 4.10. The quantitative estimate of drug-likeness (QED) is 0.627. The number of hydrogen-bond acceptors (Lipinski definition) is 3. The molecule has 0 heterocycles. The highest BCUT2D eigenvalue weighted by Gasteiger charge is 2.17. The smallest absolute Gasteiger partial charge is 0.322 e. The van der Waals surface area contributed by atoms with E-state index in [1.165, 1.54) is 6.92 Å². The number of rotatable bonds is 5. The monoisotopic (exact) mass is 222 g/mol. The van der Waals surface area contributed by atoms with Crippen LogP contribution in [0.1, 0.15) is 12.5 Å². The van der Waals surface area contributed by atoms with E-state index >= 15 is 0 Å². The van der Waals surface area contributed by atoms with Gasteiger partial charge in [0.1, 0.15) is 6.04 Å². The predicted octanol–water partition coefficient (Wildman–Crippen LogP) is 0.323. The van der Waals surface area contributed by atoms with Gasteiger partial charge in [0.15, 0.2) is 0 Å². The van der Waals surface area contributed by atoms with Crippen LogP contribution in [0.25, 0.3) is 0 Å². The van der Waals surface area contributed by atoms with Gasteiger partial charge >= 0.3 is 5.97 Å².